The molecule has 0 bridgehead atoms. The zero-order chi connectivity index (χ0) is 15.8. The lowest BCUT2D eigenvalue weighted by molar-refractivity contribution is 0.0428. The molecule has 1 aliphatic rings. The minimum atomic E-state index is -0.508. The quantitative estimate of drug-likeness (QED) is 0.695. The standard InChI is InChI=1S/C16H26N2O4.2ClH/c1-21-15-2-4-16(5-3-15)22-13-14(20)12-18-8-6-17(7-9-18)10-11-19;;/h2-5,14,19-20H,6-13H2,1H3;2*1H. The van der Waals surface area contributed by atoms with Crippen LogP contribution in [0.15, 0.2) is 24.3 Å². The Labute approximate surface area is 156 Å². The van der Waals surface area contributed by atoms with Crippen molar-refractivity contribution in [3.8, 4) is 11.5 Å². The maximum absolute atomic E-state index is 10.1. The van der Waals surface area contributed by atoms with Crippen molar-refractivity contribution in [1.29, 1.82) is 0 Å². The maximum atomic E-state index is 10.1. The highest BCUT2D eigenvalue weighted by Crippen LogP contribution is 2.17. The Morgan fingerprint density at radius 3 is 2.08 bits per heavy atom. The van der Waals surface area contributed by atoms with Crippen LogP contribution in [-0.2, 0) is 0 Å². The molecule has 1 aromatic carbocycles. The summed E-state index contributed by atoms with van der Waals surface area (Å²) in [7, 11) is 1.62. The summed E-state index contributed by atoms with van der Waals surface area (Å²) in [5.74, 6) is 1.52. The van der Waals surface area contributed by atoms with Crippen molar-refractivity contribution in [2.45, 2.75) is 6.10 Å². The predicted molar refractivity (Wildman–Crippen MR) is 99.0 cm³/mol. The third-order valence-corrected chi connectivity index (χ3v) is 3.85. The Balaban J connectivity index is 0.00000264. The molecule has 6 nitrogen and oxygen atoms in total. The van der Waals surface area contributed by atoms with E-state index in [1.165, 1.54) is 0 Å². The van der Waals surface area contributed by atoms with Crippen LogP contribution < -0.4 is 9.47 Å². The summed E-state index contributed by atoms with van der Waals surface area (Å²) in [6.45, 7) is 5.54. The first-order chi connectivity index (χ1) is 10.7. The van der Waals surface area contributed by atoms with Gasteiger partial charge in [-0.3, -0.25) is 9.80 Å². The molecule has 8 heteroatoms. The normalized spacial score (nSPS) is 16.6. The number of nitrogens with zero attached hydrogens (tertiary/aromatic N) is 2. The van der Waals surface area contributed by atoms with Crippen LogP contribution in [-0.4, -0.2) is 85.7 Å². The van der Waals surface area contributed by atoms with E-state index in [2.05, 4.69) is 9.80 Å². The van der Waals surface area contributed by atoms with Crippen LogP contribution in [0.25, 0.3) is 0 Å². The van der Waals surface area contributed by atoms with Crippen molar-refractivity contribution in [3.63, 3.8) is 0 Å². The van der Waals surface area contributed by atoms with E-state index in [9.17, 15) is 5.11 Å². The molecule has 1 heterocycles. The lowest BCUT2D eigenvalue weighted by atomic mass is 10.2. The summed E-state index contributed by atoms with van der Waals surface area (Å²) in [5.41, 5.74) is 0. The molecule has 0 radical (unpaired) electrons. The zero-order valence-corrected chi connectivity index (χ0v) is 15.6. The van der Waals surface area contributed by atoms with Gasteiger partial charge in [-0.2, -0.15) is 0 Å². The third-order valence-electron chi connectivity index (χ3n) is 3.85. The van der Waals surface area contributed by atoms with Crippen LogP contribution in [0.1, 0.15) is 0 Å². The number of rotatable bonds is 8. The first kappa shape index (κ1) is 23.2. The Morgan fingerprint density at radius 2 is 1.54 bits per heavy atom. The fraction of sp³-hybridized carbons (Fsp3) is 0.625. The molecule has 140 valence electrons. The molecule has 0 spiro atoms. The van der Waals surface area contributed by atoms with E-state index in [0.29, 0.717) is 6.54 Å². The van der Waals surface area contributed by atoms with Gasteiger partial charge in [0.25, 0.3) is 0 Å². The number of ether oxygens (including phenoxy) is 2. The van der Waals surface area contributed by atoms with Crippen LogP contribution >= 0.6 is 24.8 Å². The highest BCUT2D eigenvalue weighted by molar-refractivity contribution is 5.85. The van der Waals surface area contributed by atoms with E-state index in [1.54, 1.807) is 7.11 Å². The van der Waals surface area contributed by atoms with Crippen molar-refractivity contribution >= 4 is 24.8 Å². The summed E-state index contributed by atoms with van der Waals surface area (Å²) in [4.78, 5) is 4.46. The van der Waals surface area contributed by atoms with E-state index in [1.807, 2.05) is 24.3 Å². The van der Waals surface area contributed by atoms with E-state index in [-0.39, 0.29) is 38.0 Å². The van der Waals surface area contributed by atoms with Gasteiger partial charge in [0.05, 0.1) is 13.7 Å². The van der Waals surface area contributed by atoms with Crippen LogP contribution in [0.5, 0.6) is 11.5 Å². The smallest absolute Gasteiger partial charge is 0.119 e. The lowest BCUT2D eigenvalue weighted by Crippen LogP contribution is -2.49. The average molecular weight is 383 g/mol. The fourth-order valence-corrected chi connectivity index (χ4v) is 2.55. The van der Waals surface area contributed by atoms with Gasteiger partial charge in [0.1, 0.15) is 24.2 Å². The largest absolute Gasteiger partial charge is 0.497 e. The Morgan fingerprint density at radius 1 is 1.00 bits per heavy atom. The molecule has 1 saturated heterocycles. The minimum Gasteiger partial charge on any atom is -0.497 e. The Kier molecular flexibility index (Phi) is 12.2. The van der Waals surface area contributed by atoms with Gasteiger partial charge in [0, 0.05) is 39.3 Å². The molecule has 0 aliphatic carbocycles. The van der Waals surface area contributed by atoms with Crippen LogP contribution in [0.2, 0.25) is 0 Å². The van der Waals surface area contributed by atoms with Crippen LogP contribution in [0, 0.1) is 0 Å². The topological polar surface area (TPSA) is 65.4 Å². The molecule has 1 aliphatic heterocycles. The van der Waals surface area contributed by atoms with Gasteiger partial charge in [-0.05, 0) is 24.3 Å². The number of aliphatic hydroxyl groups is 2. The van der Waals surface area contributed by atoms with Crippen molar-refractivity contribution in [3.05, 3.63) is 24.3 Å². The fourth-order valence-electron chi connectivity index (χ4n) is 2.55. The van der Waals surface area contributed by atoms with E-state index < -0.39 is 6.10 Å². The molecule has 2 rings (SSSR count). The molecular formula is C16H28Cl2N2O4. The van der Waals surface area contributed by atoms with Crippen molar-refractivity contribution in [2.24, 2.45) is 0 Å². The monoisotopic (exact) mass is 382 g/mol. The highest BCUT2D eigenvalue weighted by Gasteiger charge is 2.19. The molecule has 1 atom stereocenters. The van der Waals surface area contributed by atoms with E-state index in [0.717, 1.165) is 44.2 Å². The second kappa shape index (κ2) is 12.6. The molecular weight excluding hydrogens is 355 g/mol. The predicted octanol–water partition coefficient (Wildman–Crippen LogP) is 0.888. The second-order valence-electron chi connectivity index (χ2n) is 5.51. The molecule has 1 aromatic rings. The van der Waals surface area contributed by atoms with E-state index in [4.69, 9.17) is 14.6 Å². The average Bonchev–Trinajstić information content (AvgIpc) is 2.55. The first-order valence-corrected chi connectivity index (χ1v) is 7.71. The molecule has 0 saturated carbocycles. The summed E-state index contributed by atoms with van der Waals surface area (Å²) < 4.78 is 10.7. The number of benzene rings is 1. The second-order valence-corrected chi connectivity index (χ2v) is 5.51. The minimum absolute atomic E-state index is 0. The van der Waals surface area contributed by atoms with Crippen LogP contribution in [0.3, 0.4) is 0 Å². The van der Waals surface area contributed by atoms with Gasteiger partial charge in [-0.1, -0.05) is 0 Å². The van der Waals surface area contributed by atoms with Gasteiger partial charge >= 0.3 is 0 Å². The van der Waals surface area contributed by atoms with Gasteiger partial charge in [0.2, 0.25) is 0 Å². The molecule has 0 aromatic heterocycles. The van der Waals surface area contributed by atoms with E-state index >= 15 is 0 Å². The maximum Gasteiger partial charge on any atom is 0.119 e. The first-order valence-electron chi connectivity index (χ1n) is 7.71. The molecule has 0 amide bonds. The number of hydrogen-bond donors (Lipinski definition) is 2. The third kappa shape index (κ3) is 7.88. The Hall–Kier alpha value is -0.760. The van der Waals surface area contributed by atoms with Crippen LogP contribution in [0.4, 0.5) is 0 Å². The summed E-state index contributed by atoms with van der Waals surface area (Å²) in [5, 5.41) is 19.0. The number of methoxy groups -OCH3 is 1. The molecule has 2 N–H and O–H groups in total. The van der Waals surface area contributed by atoms with Crippen molar-refractivity contribution in [1.82, 2.24) is 9.80 Å². The summed E-state index contributed by atoms with van der Waals surface area (Å²) in [6, 6.07) is 7.34. The van der Waals surface area contributed by atoms with Crippen molar-refractivity contribution in [2.75, 3.05) is 59.6 Å². The molecule has 24 heavy (non-hydrogen) atoms. The van der Waals surface area contributed by atoms with Gasteiger partial charge in [-0.15, -0.1) is 24.8 Å². The lowest BCUT2D eigenvalue weighted by Gasteiger charge is -2.35. The molecule has 1 fully saturated rings. The number of hydrogen-bond acceptors (Lipinski definition) is 6. The van der Waals surface area contributed by atoms with Gasteiger partial charge in [0.15, 0.2) is 0 Å². The number of piperazine rings is 1. The zero-order valence-electron chi connectivity index (χ0n) is 14.0. The van der Waals surface area contributed by atoms with Gasteiger partial charge in [-0.25, -0.2) is 0 Å². The number of aliphatic hydroxyl groups excluding tert-OH is 2. The SMILES string of the molecule is COc1ccc(OCC(O)CN2CCN(CCO)CC2)cc1.Cl.Cl. The van der Waals surface area contributed by atoms with Crippen molar-refractivity contribution < 1.29 is 19.7 Å². The number of β-amino-alcohol motifs (C(OH)–C–C–N with tert-alkyl or cyclic N) is 2. The van der Waals surface area contributed by atoms with Gasteiger partial charge < -0.3 is 19.7 Å². The molecule has 1 unspecified atom stereocenters. The Bertz CT molecular complexity index is 429. The summed E-state index contributed by atoms with van der Waals surface area (Å²) in [6.07, 6.45) is -0.508. The summed E-state index contributed by atoms with van der Waals surface area (Å²) >= 11 is 0. The number of halogens is 2. The highest BCUT2D eigenvalue weighted by atomic mass is 35.5.